The number of nitrogens with zero attached hydrogens (tertiary/aromatic N) is 2. The largest absolute Gasteiger partial charge is 0.308 e. The third-order valence-electron chi connectivity index (χ3n) is 8.20. The van der Waals surface area contributed by atoms with Crippen molar-refractivity contribution in [3.8, 4) is 0 Å². The summed E-state index contributed by atoms with van der Waals surface area (Å²) >= 11 is 0. The van der Waals surface area contributed by atoms with Crippen molar-refractivity contribution in [1.29, 1.82) is 0 Å². The Hall–Kier alpha value is -0.600. The van der Waals surface area contributed by atoms with Gasteiger partial charge in [-0.3, -0.25) is 0 Å². The Kier molecular flexibility index (Phi) is 21.8. The second kappa shape index (κ2) is 23.5. The van der Waals surface area contributed by atoms with Gasteiger partial charge in [0.15, 0.2) is 0 Å². The molecule has 0 bridgehead atoms. The summed E-state index contributed by atoms with van der Waals surface area (Å²) in [4.78, 5) is 5.05. The standard InChI is InChI=1S/C34H66N2/c1-5-7-9-11-13-14-15-16-17-18-19-20-21-23-25-27-29-34(28-26-24-22-12-10-8-6-2)32-36(33-34)31-30-35(3)4/h13-14,16-17H,5-12,15,18-33H2,1-4H3/b14-13-,17-16-. The monoisotopic (exact) mass is 503 g/mol. The number of rotatable bonds is 26. The molecule has 1 saturated heterocycles. The quantitative estimate of drug-likeness (QED) is 0.0857. The van der Waals surface area contributed by atoms with E-state index in [1.165, 1.54) is 155 Å². The summed E-state index contributed by atoms with van der Waals surface area (Å²) in [7, 11) is 4.41. The Bertz CT molecular complexity index is 515. The van der Waals surface area contributed by atoms with Crippen molar-refractivity contribution in [2.75, 3.05) is 40.3 Å². The van der Waals surface area contributed by atoms with Crippen LogP contribution in [0.5, 0.6) is 0 Å². The SMILES string of the molecule is CCCCC/C=C\C/C=C\CCCCCCCCC1(CCCCCCCCC)CN(CCN(C)C)C1. The van der Waals surface area contributed by atoms with Gasteiger partial charge in [-0.05, 0) is 64.5 Å². The Labute approximate surface area is 228 Å². The average molecular weight is 503 g/mol. The summed E-state index contributed by atoms with van der Waals surface area (Å²) in [6.45, 7) is 9.80. The summed E-state index contributed by atoms with van der Waals surface area (Å²) in [5.74, 6) is 0. The van der Waals surface area contributed by atoms with E-state index in [1.54, 1.807) is 0 Å². The average Bonchev–Trinajstić information content (AvgIpc) is 2.84. The molecule has 0 aliphatic carbocycles. The lowest BCUT2D eigenvalue weighted by Gasteiger charge is -2.51. The van der Waals surface area contributed by atoms with E-state index in [9.17, 15) is 0 Å². The van der Waals surface area contributed by atoms with E-state index in [1.807, 2.05) is 0 Å². The van der Waals surface area contributed by atoms with Crippen LogP contribution >= 0.6 is 0 Å². The molecule has 0 atom stereocenters. The fraction of sp³-hybridized carbons (Fsp3) is 0.882. The fourth-order valence-corrected chi connectivity index (χ4v) is 5.79. The van der Waals surface area contributed by atoms with Crippen molar-refractivity contribution in [2.45, 2.75) is 149 Å². The molecule has 0 radical (unpaired) electrons. The zero-order valence-corrected chi connectivity index (χ0v) is 25.4. The van der Waals surface area contributed by atoms with Gasteiger partial charge in [0.05, 0.1) is 0 Å². The molecule has 212 valence electrons. The molecule has 0 unspecified atom stereocenters. The molecule has 0 amide bonds. The molecule has 1 aliphatic heterocycles. The molecule has 2 nitrogen and oxygen atoms in total. The van der Waals surface area contributed by atoms with E-state index in [0.29, 0.717) is 5.41 Å². The third kappa shape index (κ3) is 18.6. The van der Waals surface area contributed by atoms with E-state index in [2.05, 4.69) is 62.0 Å². The van der Waals surface area contributed by atoms with E-state index < -0.39 is 0 Å². The number of likely N-dealkylation sites (tertiary alicyclic amines) is 1. The Morgan fingerprint density at radius 3 is 1.56 bits per heavy atom. The Balaban J connectivity index is 2.09. The molecule has 1 heterocycles. The van der Waals surface area contributed by atoms with Gasteiger partial charge in [-0.1, -0.05) is 128 Å². The minimum Gasteiger partial charge on any atom is -0.308 e. The topological polar surface area (TPSA) is 6.48 Å². The second-order valence-electron chi connectivity index (χ2n) is 12.2. The molecule has 0 aromatic carbocycles. The van der Waals surface area contributed by atoms with Crippen LogP contribution in [0.3, 0.4) is 0 Å². The van der Waals surface area contributed by atoms with Gasteiger partial charge in [0.1, 0.15) is 0 Å². The molecule has 1 aliphatic rings. The van der Waals surface area contributed by atoms with Crippen LogP contribution in [-0.2, 0) is 0 Å². The van der Waals surface area contributed by atoms with Gasteiger partial charge in [0, 0.05) is 26.2 Å². The number of allylic oxidation sites excluding steroid dienone is 4. The molecule has 1 fully saturated rings. The van der Waals surface area contributed by atoms with Crippen LogP contribution in [0.1, 0.15) is 149 Å². The Morgan fingerprint density at radius 1 is 0.583 bits per heavy atom. The van der Waals surface area contributed by atoms with Crippen LogP contribution in [0.2, 0.25) is 0 Å². The molecule has 36 heavy (non-hydrogen) atoms. The van der Waals surface area contributed by atoms with Crippen LogP contribution in [0, 0.1) is 5.41 Å². The first kappa shape index (κ1) is 33.4. The van der Waals surface area contributed by atoms with Crippen molar-refractivity contribution >= 4 is 0 Å². The van der Waals surface area contributed by atoms with Gasteiger partial charge in [0.2, 0.25) is 0 Å². The highest BCUT2D eigenvalue weighted by molar-refractivity contribution is 4.95. The summed E-state index contributed by atoms with van der Waals surface area (Å²) in [5.41, 5.74) is 0.658. The molecule has 0 N–H and O–H groups in total. The molecule has 0 aromatic rings. The maximum Gasteiger partial charge on any atom is 0.0110 e. The first-order valence-corrected chi connectivity index (χ1v) is 16.3. The fourth-order valence-electron chi connectivity index (χ4n) is 5.79. The van der Waals surface area contributed by atoms with Gasteiger partial charge in [-0.25, -0.2) is 0 Å². The molecule has 0 spiro atoms. The Morgan fingerprint density at radius 2 is 1.03 bits per heavy atom. The molecular formula is C34H66N2. The molecular weight excluding hydrogens is 436 g/mol. The maximum absolute atomic E-state index is 2.72. The second-order valence-corrected chi connectivity index (χ2v) is 12.2. The predicted molar refractivity (Wildman–Crippen MR) is 164 cm³/mol. The van der Waals surface area contributed by atoms with Crippen LogP contribution in [-0.4, -0.2) is 50.1 Å². The van der Waals surface area contributed by atoms with Gasteiger partial charge < -0.3 is 9.80 Å². The van der Waals surface area contributed by atoms with E-state index >= 15 is 0 Å². The van der Waals surface area contributed by atoms with E-state index in [0.717, 1.165) is 6.42 Å². The smallest absolute Gasteiger partial charge is 0.0110 e. The summed E-state index contributed by atoms with van der Waals surface area (Å²) in [6.07, 6.45) is 38.8. The molecule has 1 rings (SSSR count). The predicted octanol–water partition coefficient (Wildman–Crippen LogP) is 10.2. The normalized spacial score (nSPS) is 16.0. The number of unbranched alkanes of at least 4 members (excludes halogenated alkanes) is 15. The molecule has 2 heteroatoms. The molecule has 0 saturated carbocycles. The van der Waals surface area contributed by atoms with Crippen molar-refractivity contribution in [3.05, 3.63) is 24.3 Å². The van der Waals surface area contributed by atoms with E-state index in [4.69, 9.17) is 0 Å². The van der Waals surface area contributed by atoms with E-state index in [-0.39, 0.29) is 0 Å². The number of hydrogen-bond donors (Lipinski definition) is 0. The van der Waals surface area contributed by atoms with Gasteiger partial charge in [-0.15, -0.1) is 0 Å². The number of hydrogen-bond acceptors (Lipinski definition) is 2. The minimum absolute atomic E-state index is 0.658. The summed E-state index contributed by atoms with van der Waals surface area (Å²) in [5, 5.41) is 0. The lowest BCUT2D eigenvalue weighted by Crippen LogP contribution is -2.57. The minimum atomic E-state index is 0.658. The van der Waals surface area contributed by atoms with Crippen LogP contribution in [0.4, 0.5) is 0 Å². The zero-order valence-electron chi connectivity index (χ0n) is 25.4. The maximum atomic E-state index is 2.72. The first-order chi connectivity index (χ1) is 17.6. The molecule has 0 aromatic heterocycles. The first-order valence-electron chi connectivity index (χ1n) is 16.3. The zero-order chi connectivity index (χ0) is 26.2. The van der Waals surface area contributed by atoms with Gasteiger partial charge >= 0.3 is 0 Å². The van der Waals surface area contributed by atoms with Crippen LogP contribution in [0.15, 0.2) is 24.3 Å². The van der Waals surface area contributed by atoms with Crippen LogP contribution < -0.4 is 0 Å². The lowest BCUT2D eigenvalue weighted by atomic mass is 9.71. The third-order valence-corrected chi connectivity index (χ3v) is 8.20. The van der Waals surface area contributed by atoms with Gasteiger partial charge in [-0.2, -0.15) is 0 Å². The summed E-state index contributed by atoms with van der Waals surface area (Å²) < 4.78 is 0. The summed E-state index contributed by atoms with van der Waals surface area (Å²) in [6, 6.07) is 0. The van der Waals surface area contributed by atoms with Crippen molar-refractivity contribution in [1.82, 2.24) is 9.80 Å². The van der Waals surface area contributed by atoms with Crippen molar-refractivity contribution in [3.63, 3.8) is 0 Å². The highest BCUT2D eigenvalue weighted by atomic mass is 15.2. The highest BCUT2D eigenvalue weighted by Gasteiger charge is 2.41. The highest BCUT2D eigenvalue weighted by Crippen LogP contribution is 2.40. The van der Waals surface area contributed by atoms with Crippen molar-refractivity contribution < 1.29 is 0 Å². The number of likely N-dealkylation sites (N-methyl/N-ethyl adjacent to an activating group) is 1. The van der Waals surface area contributed by atoms with Crippen LogP contribution in [0.25, 0.3) is 0 Å². The van der Waals surface area contributed by atoms with Gasteiger partial charge in [0.25, 0.3) is 0 Å². The lowest BCUT2D eigenvalue weighted by molar-refractivity contribution is -0.0197. The van der Waals surface area contributed by atoms with Crippen molar-refractivity contribution in [2.24, 2.45) is 5.41 Å².